The first-order chi connectivity index (χ1) is 33.0. The van der Waals surface area contributed by atoms with Crippen LogP contribution in [-0.2, 0) is 38.0 Å². The number of ether oxygens (including phenoxy) is 6. The number of carbonyl (C=O) groups is 2. The molecule has 0 aromatic heterocycles. The van der Waals surface area contributed by atoms with Crippen molar-refractivity contribution < 1.29 is 73.8 Å². The van der Waals surface area contributed by atoms with E-state index in [1.807, 2.05) is 6.08 Å². The fraction of sp³-hybridized carbons (Fsp3) is 0.811. The van der Waals surface area contributed by atoms with Crippen molar-refractivity contribution >= 4 is 11.9 Å². The van der Waals surface area contributed by atoms with Crippen molar-refractivity contribution in [3.8, 4) is 0 Å². The standard InChI is InChI=1S/C53H92O15/c1-3-5-7-9-11-13-15-17-19-20-22-24-26-28-30-32-34-36-45(56)66-41(38-63-44(55)35-33-31-29-27-25-23-21-18-16-14-12-10-8-6-4-2)39-64-52-51(62)49(60)47(58)43(68-52)40-65-53-50(61)48(59)46(57)42(37-54)67-53/h18,21-22,24-25,27-28,30,41-43,46-54,57-62H,3-17,19-20,23,26,29,31-40H2,1-2H3/b21-18+,24-22+,27-25+,30-28+/t41-,42+,43+,46-,47-,48?,49?,50?,51?,52+,53+/m1/s1. The molecule has 394 valence electrons. The lowest BCUT2D eigenvalue weighted by Gasteiger charge is -2.42. The van der Waals surface area contributed by atoms with Crippen molar-refractivity contribution in [1.29, 1.82) is 0 Å². The van der Waals surface area contributed by atoms with Crippen molar-refractivity contribution in [1.82, 2.24) is 0 Å². The van der Waals surface area contributed by atoms with Gasteiger partial charge in [-0.2, -0.15) is 0 Å². The number of hydrogen-bond donors (Lipinski definition) is 7. The summed E-state index contributed by atoms with van der Waals surface area (Å²) >= 11 is 0. The van der Waals surface area contributed by atoms with E-state index in [9.17, 15) is 45.3 Å². The predicted molar refractivity (Wildman–Crippen MR) is 261 cm³/mol. The maximum Gasteiger partial charge on any atom is 0.306 e. The molecule has 11 atom stereocenters. The normalized spacial score (nSPS) is 26.1. The average Bonchev–Trinajstić information content (AvgIpc) is 3.33. The van der Waals surface area contributed by atoms with Gasteiger partial charge in [-0.25, -0.2) is 0 Å². The van der Waals surface area contributed by atoms with Crippen LogP contribution in [0.2, 0.25) is 0 Å². The minimum atomic E-state index is -1.78. The van der Waals surface area contributed by atoms with Crippen LogP contribution in [0.1, 0.15) is 181 Å². The minimum absolute atomic E-state index is 0.0937. The van der Waals surface area contributed by atoms with Crippen LogP contribution in [0.3, 0.4) is 0 Å². The third-order valence-corrected chi connectivity index (χ3v) is 12.3. The smallest absolute Gasteiger partial charge is 0.306 e. The van der Waals surface area contributed by atoms with Crippen LogP contribution < -0.4 is 0 Å². The van der Waals surface area contributed by atoms with E-state index >= 15 is 0 Å². The molecule has 2 rings (SSSR count). The summed E-state index contributed by atoms with van der Waals surface area (Å²) in [5.74, 6) is -1.02. The van der Waals surface area contributed by atoms with Gasteiger partial charge in [0.05, 0.1) is 19.8 Å². The first kappa shape index (κ1) is 61.6. The number of rotatable bonds is 40. The highest BCUT2D eigenvalue weighted by Gasteiger charge is 2.47. The SMILES string of the molecule is CCCCCCCC/C=C/C/C=C/CCCCC(=O)OC[C@H](CO[C@H]1O[C@@H](CO[C@H]2O[C@@H](CO)[C@@H](O)C(O)C2O)[C@@H](O)C(O)C1O)OC(=O)CCC/C=C/C/C=C/CCCCCCCCCCC. The molecule has 2 fully saturated rings. The van der Waals surface area contributed by atoms with Gasteiger partial charge in [0.1, 0.15) is 55.4 Å². The minimum Gasteiger partial charge on any atom is -0.462 e. The van der Waals surface area contributed by atoms with Gasteiger partial charge in [0.2, 0.25) is 0 Å². The van der Waals surface area contributed by atoms with E-state index in [4.69, 9.17) is 28.4 Å². The van der Waals surface area contributed by atoms with E-state index in [-0.39, 0.29) is 19.4 Å². The fourth-order valence-electron chi connectivity index (χ4n) is 7.93. The first-order valence-corrected chi connectivity index (χ1v) is 26.2. The molecule has 0 amide bonds. The summed E-state index contributed by atoms with van der Waals surface area (Å²) in [6, 6.07) is 0. The zero-order chi connectivity index (χ0) is 49.6. The summed E-state index contributed by atoms with van der Waals surface area (Å²) in [5, 5.41) is 72.1. The van der Waals surface area contributed by atoms with Gasteiger partial charge < -0.3 is 64.2 Å². The molecular formula is C53H92O15. The Morgan fingerprint density at radius 2 is 0.897 bits per heavy atom. The highest BCUT2D eigenvalue weighted by Crippen LogP contribution is 2.26. The average molecular weight is 969 g/mol. The van der Waals surface area contributed by atoms with Gasteiger partial charge in [-0.3, -0.25) is 9.59 Å². The van der Waals surface area contributed by atoms with Crippen LogP contribution in [0.25, 0.3) is 0 Å². The van der Waals surface area contributed by atoms with E-state index in [0.717, 1.165) is 38.5 Å². The lowest BCUT2D eigenvalue weighted by Crippen LogP contribution is -2.61. The number of unbranched alkanes of at least 4 members (excludes halogenated alkanes) is 18. The highest BCUT2D eigenvalue weighted by molar-refractivity contribution is 5.70. The second-order valence-corrected chi connectivity index (χ2v) is 18.3. The summed E-state index contributed by atoms with van der Waals surface area (Å²) in [5.41, 5.74) is 0. The van der Waals surface area contributed by atoms with E-state index in [1.165, 1.54) is 96.3 Å². The Hall–Kier alpha value is -2.54. The van der Waals surface area contributed by atoms with Crippen molar-refractivity contribution in [2.24, 2.45) is 0 Å². The monoisotopic (exact) mass is 969 g/mol. The molecule has 7 N–H and O–H groups in total. The molecule has 2 aliphatic heterocycles. The van der Waals surface area contributed by atoms with Gasteiger partial charge in [-0.15, -0.1) is 0 Å². The molecule has 2 aliphatic rings. The van der Waals surface area contributed by atoms with Gasteiger partial charge in [0.15, 0.2) is 18.7 Å². The molecule has 0 aromatic rings. The summed E-state index contributed by atoms with van der Waals surface area (Å²) in [7, 11) is 0. The molecule has 0 saturated carbocycles. The molecular weight excluding hydrogens is 877 g/mol. The molecule has 15 nitrogen and oxygen atoms in total. The van der Waals surface area contributed by atoms with Crippen LogP contribution in [0.5, 0.6) is 0 Å². The molecule has 0 spiro atoms. The van der Waals surface area contributed by atoms with Crippen LogP contribution in [0, 0.1) is 0 Å². The van der Waals surface area contributed by atoms with E-state index < -0.39 is 99.3 Å². The zero-order valence-electron chi connectivity index (χ0n) is 41.6. The van der Waals surface area contributed by atoms with Crippen LogP contribution in [0.15, 0.2) is 48.6 Å². The largest absolute Gasteiger partial charge is 0.462 e. The zero-order valence-corrected chi connectivity index (χ0v) is 41.6. The number of carbonyl (C=O) groups excluding carboxylic acids is 2. The Morgan fingerprint density at radius 1 is 0.471 bits per heavy atom. The predicted octanol–water partition coefficient (Wildman–Crippen LogP) is 7.49. The summed E-state index contributed by atoms with van der Waals surface area (Å²) in [4.78, 5) is 25.7. The van der Waals surface area contributed by atoms with Crippen LogP contribution in [-0.4, -0.2) is 142 Å². The number of allylic oxidation sites excluding steroid dienone is 8. The number of aliphatic hydroxyl groups excluding tert-OH is 7. The first-order valence-electron chi connectivity index (χ1n) is 26.2. The van der Waals surface area contributed by atoms with Crippen LogP contribution in [0.4, 0.5) is 0 Å². The Morgan fingerprint density at radius 3 is 1.41 bits per heavy atom. The van der Waals surface area contributed by atoms with Gasteiger partial charge in [-0.05, 0) is 70.6 Å². The molecule has 68 heavy (non-hydrogen) atoms. The highest BCUT2D eigenvalue weighted by atomic mass is 16.7. The summed E-state index contributed by atoms with van der Waals surface area (Å²) in [6.45, 7) is 2.50. The Bertz CT molecular complexity index is 1370. The maximum absolute atomic E-state index is 13.0. The van der Waals surface area contributed by atoms with Gasteiger partial charge in [0.25, 0.3) is 0 Å². The lowest BCUT2D eigenvalue weighted by atomic mass is 9.98. The lowest BCUT2D eigenvalue weighted by molar-refractivity contribution is -0.332. The summed E-state index contributed by atoms with van der Waals surface area (Å²) < 4.78 is 33.5. The number of hydrogen-bond acceptors (Lipinski definition) is 15. The molecule has 2 heterocycles. The molecule has 0 bridgehead atoms. The third-order valence-electron chi connectivity index (χ3n) is 12.3. The Kier molecular flexibility index (Phi) is 36.3. The van der Waals surface area contributed by atoms with Gasteiger partial charge >= 0.3 is 11.9 Å². The second kappa shape index (κ2) is 40.1. The Balaban J connectivity index is 1.84. The fourth-order valence-corrected chi connectivity index (χ4v) is 7.93. The number of esters is 2. The number of aliphatic hydroxyl groups is 7. The quantitative estimate of drug-likeness (QED) is 0.0179. The van der Waals surface area contributed by atoms with Gasteiger partial charge in [0, 0.05) is 12.8 Å². The van der Waals surface area contributed by atoms with E-state index in [1.54, 1.807) is 0 Å². The topological polar surface area (TPSA) is 231 Å². The van der Waals surface area contributed by atoms with Crippen molar-refractivity contribution in [2.45, 2.75) is 248 Å². The van der Waals surface area contributed by atoms with Crippen molar-refractivity contribution in [3.63, 3.8) is 0 Å². The molecule has 4 unspecified atom stereocenters. The third kappa shape index (κ3) is 27.7. The molecule has 0 radical (unpaired) electrons. The van der Waals surface area contributed by atoms with Crippen LogP contribution >= 0.6 is 0 Å². The van der Waals surface area contributed by atoms with Gasteiger partial charge in [-0.1, -0.05) is 146 Å². The summed E-state index contributed by atoms with van der Waals surface area (Å²) in [6.07, 6.45) is 27.2. The Labute approximate surface area is 408 Å². The molecule has 0 aromatic carbocycles. The van der Waals surface area contributed by atoms with Crippen molar-refractivity contribution in [3.05, 3.63) is 48.6 Å². The van der Waals surface area contributed by atoms with E-state index in [2.05, 4.69) is 56.4 Å². The molecule has 2 saturated heterocycles. The van der Waals surface area contributed by atoms with Crippen molar-refractivity contribution in [2.75, 3.05) is 26.4 Å². The molecule has 15 heteroatoms. The maximum atomic E-state index is 13.0. The second-order valence-electron chi connectivity index (χ2n) is 18.3. The van der Waals surface area contributed by atoms with E-state index in [0.29, 0.717) is 19.3 Å². The molecule has 0 aliphatic carbocycles.